The Morgan fingerprint density at radius 3 is 2.52 bits per heavy atom. The summed E-state index contributed by atoms with van der Waals surface area (Å²) in [5.74, 6) is 0.533. The van der Waals surface area contributed by atoms with E-state index in [0.717, 1.165) is 12.0 Å². The number of hydrogen-bond donors (Lipinski definition) is 1. The van der Waals surface area contributed by atoms with Crippen LogP contribution in [0, 0.1) is 5.92 Å². The van der Waals surface area contributed by atoms with Crippen molar-refractivity contribution < 1.29 is 4.79 Å². The van der Waals surface area contributed by atoms with Crippen LogP contribution < -0.4 is 5.32 Å². The summed E-state index contributed by atoms with van der Waals surface area (Å²) in [6, 6.07) is 8.35. The van der Waals surface area contributed by atoms with Crippen LogP contribution in [0.4, 0.5) is 0 Å². The minimum Gasteiger partial charge on any atom is -0.348 e. The lowest BCUT2D eigenvalue weighted by atomic mass is 10.00. The minimum atomic E-state index is -0.110. The molecule has 0 fully saturated rings. The van der Waals surface area contributed by atoms with Gasteiger partial charge in [0.05, 0.1) is 6.04 Å². The van der Waals surface area contributed by atoms with Gasteiger partial charge in [0.15, 0.2) is 0 Å². The molecule has 0 aliphatic heterocycles. The molecular weight excluding hydrogens is 266 g/mol. The Morgan fingerprint density at radius 1 is 1.24 bits per heavy atom. The van der Waals surface area contributed by atoms with Gasteiger partial charge in [0.1, 0.15) is 12.9 Å². The molecule has 1 N–H and O–H groups in total. The molecule has 0 aliphatic rings. The predicted molar refractivity (Wildman–Crippen MR) is 79.4 cm³/mol. The number of benzene rings is 1. The molecular formula is C15H21N5O. The second-order valence-corrected chi connectivity index (χ2v) is 5.64. The molecule has 1 heterocycles. The maximum absolute atomic E-state index is 11.9. The molecule has 1 amide bonds. The largest absolute Gasteiger partial charge is 0.348 e. The Kier molecular flexibility index (Phi) is 5.03. The van der Waals surface area contributed by atoms with Crippen molar-refractivity contribution in [2.45, 2.75) is 39.8 Å². The fourth-order valence-electron chi connectivity index (χ4n) is 2.18. The number of nitrogens with one attached hydrogen (secondary N) is 1. The monoisotopic (exact) mass is 287 g/mol. The maximum Gasteiger partial charge on any atom is 0.242 e. The van der Waals surface area contributed by atoms with Gasteiger partial charge in [-0.15, -0.1) is 5.10 Å². The van der Waals surface area contributed by atoms with Gasteiger partial charge in [-0.05, 0) is 40.8 Å². The zero-order valence-electron chi connectivity index (χ0n) is 12.7. The molecule has 0 spiro atoms. The quantitative estimate of drug-likeness (QED) is 0.878. The van der Waals surface area contributed by atoms with Gasteiger partial charge < -0.3 is 5.32 Å². The van der Waals surface area contributed by atoms with E-state index in [1.54, 1.807) is 0 Å². The van der Waals surface area contributed by atoms with Crippen molar-refractivity contribution in [1.82, 2.24) is 25.5 Å². The van der Waals surface area contributed by atoms with E-state index < -0.39 is 0 Å². The number of amides is 1. The average Bonchev–Trinajstić information content (AvgIpc) is 2.91. The summed E-state index contributed by atoms with van der Waals surface area (Å²) in [6.07, 6.45) is 2.49. The molecule has 0 unspecified atom stereocenters. The molecule has 0 bridgehead atoms. The molecule has 2 rings (SSSR count). The SMILES string of the molecule is CC(C)Cc1ccc([C@@H](C)NC(=O)Cn2cnnn2)cc1. The molecule has 0 saturated heterocycles. The molecule has 0 saturated carbocycles. The number of tetrazole rings is 1. The molecule has 6 heteroatoms. The van der Waals surface area contributed by atoms with Crippen molar-refractivity contribution >= 4 is 5.91 Å². The second-order valence-electron chi connectivity index (χ2n) is 5.64. The van der Waals surface area contributed by atoms with Gasteiger partial charge in [0.25, 0.3) is 0 Å². The summed E-state index contributed by atoms with van der Waals surface area (Å²) < 4.78 is 1.40. The lowest BCUT2D eigenvalue weighted by Crippen LogP contribution is -2.30. The van der Waals surface area contributed by atoms with Gasteiger partial charge >= 0.3 is 0 Å². The standard InChI is InChI=1S/C15H21N5O/c1-11(2)8-13-4-6-14(7-5-13)12(3)17-15(21)9-20-10-16-18-19-20/h4-7,10-12H,8-9H2,1-3H3,(H,17,21)/t12-/m1/s1. The number of carbonyl (C=O) groups is 1. The first-order chi connectivity index (χ1) is 10.0. The molecule has 6 nitrogen and oxygen atoms in total. The van der Waals surface area contributed by atoms with Crippen LogP contribution in [0.3, 0.4) is 0 Å². The Labute approximate surface area is 124 Å². The molecule has 21 heavy (non-hydrogen) atoms. The van der Waals surface area contributed by atoms with Crippen molar-refractivity contribution in [1.29, 1.82) is 0 Å². The maximum atomic E-state index is 11.9. The first-order valence-electron chi connectivity index (χ1n) is 7.13. The normalized spacial score (nSPS) is 12.4. The van der Waals surface area contributed by atoms with Crippen molar-refractivity contribution in [3.05, 3.63) is 41.7 Å². The summed E-state index contributed by atoms with van der Waals surface area (Å²) in [7, 11) is 0. The van der Waals surface area contributed by atoms with Crippen LogP contribution in [0.15, 0.2) is 30.6 Å². The zero-order valence-corrected chi connectivity index (χ0v) is 12.7. The first kappa shape index (κ1) is 15.2. The lowest BCUT2D eigenvalue weighted by Gasteiger charge is -2.15. The number of nitrogens with zero attached hydrogens (tertiary/aromatic N) is 4. The van der Waals surface area contributed by atoms with E-state index in [0.29, 0.717) is 5.92 Å². The van der Waals surface area contributed by atoms with Crippen molar-refractivity contribution in [3.8, 4) is 0 Å². The zero-order chi connectivity index (χ0) is 15.2. The Bertz CT molecular complexity index is 562. The van der Waals surface area contributed by atoms with E-state index in [4.69, 9.17) is 0 Å². The summed E-state index contributed by atoms with van der Waals surface area (Å²) in [6.45, 7) is 6.50. The number of aromatic nitrogens is 4. The summed E-state index contributed by atoms with van der Waals surface area (Å²) >= 11 is 0. The van der Waals surface area contributed by atoms with Crippen molar-refractivity contribution in [3.63, 3.8) is 0 Å². The van der Waals surface area contributed by atoms with E-state index in [9.17, 15) is 4.79 Å². The van der Waals surface area contributed by atoms with E-state index >= 15 is 0 Å². The van der Waals surface area contributed by atoms with Gasteiger partial charge in [0, 0.05) is 0 Å². The van der Waals surface area contributed by atoms with Gasteiger partial charge in [-0.25, -0.2) is 4.68 Å². The molecule has 0 aliphatic carbocycles. The van der Waals surface area contributed by atoms with Crippen molar-refractivity contribution in [2.75, 3.05) is 0 Å². The van der Waals surface area contributed by atoms with Gasteiger partial charge in [-0.1, -0.05) is 38.1 Å². The van der Waals surface area contributed by atoms with Crippen molar-refractivity contribution in [2.24, 2.45) is 5.92 Å². The van der Waals surface area contributed by atoms with Crippen LogP contribution >= 0.6 is 0 Å². The summed E-state index contributed by atoms with van der Waals surface area (Å²) in [5.41, 5.74) is 2.41. The van der Waals surface area contributed by atoms with E-state index in [2.05, 4.69) is 59.0 Å². The van der Waals surface area contributed by atoms with Crippen LogP contribution in [-0.2, 0) is 17.8 Å². The fraction of sp³-hybridized carbons (Fsp3) is 0.467. The van der Waals surface area contributed by atoms with Crippen LogP contribution in [0.1, 0.15) is 37.9 Å². The predicted octanol–water partition coefficient (Wildman–Crippen LogP) is 1.75. The van der Waals surface area contributed by atoms with Crippen LogP contribution in [0.2, 0.25) is 0 Å². The number of hydrogen-bond acceptors (Lipinski definition) is 4. The highest BCUT2D eigenvalue weighted by molar-refractivity contribution is 5.76. The Morgan fingerprint density at radius 2 is 1.95 bits per heavy atom. The second kappa shape index (κ2) is 6.97. The number of carbonyl (C=O) groups excluding carboxylic acids is 1. The van der Waals surface area contributed by atoms with Crippen LogP contribution in [-0.4, -0.2) is 26.1 Å². The highest BCUT2D eigenvalue weighted by Crippen LogP contribution is 2.15. The third kappa shape index (κ3) is 4.66. The highest BCUT2D eigenvalue weighted by Gasteiger charge is 2.10. The molecule has 1 aromatic heterocycles. The molecule has 2 aromatic rings. The Hall–Kier alpha value is -2.24. The third-order valence-corrected chi connectivity index (χ3v) is 3.20. The van der Waals surface area contributed by atoms with E-state index in [-0.39, 0.29) is 18.5 Å². The van der Waals surface area contributed by atoms with Crippen LogP contribution in [0.5, 0.6) is 0 Å². The average molecular weight is 287 g/mol. The van der Waals surface area contributed by atoms with Gasteiger partial charge in [-0.2, -0.15) is 0 Å². The highest BCUT2D eigenvalue weighted by atomic mass is 16.2. The molecule has 112 valence electrons. The smallest absolute Gasteiger partial charge is 0.242 e. The number of rotatable bonds is 6. The fourth-order valence-corrected chi connectivity index (χ4v) is 2.18. The Balaban J connectivity index is 1.90. The molecule has 1 atom stereocenters. The van der Waals surface area contributed by atoms with E-state index in [1.807, 2.05) is 6.92 Å². The minimum absolute atomic E-state index is 0.0397. The molecule has 1 aromatic carbocycles. The first-order valence-corrected chi connectivity index (χ1v) is 7.13. The topological polar surface area (TPSA) is 72.7 Å². The summed E-state index contributed by atoms with van der Waals surface area (Å²) in [5, 5.41) is 13.6. The van der Waals surface area contributed by atoms with E-state index in [1.165, 1.54) is 16.6 Å². The van der Waals surface area contributed by atoms with Gasteiger partial charge in [0.2, 0.25) is 5.91 Å². The lowest BCUT2D eigenvalue weighted by molar-refractivity contribution is -0.122. The molecule has 0 radical (unpaired) electrons. The van der Waals surface area contributed by atoms with Gasteiger partial charge in [-0.3, -0.25) is 4.79 Å². The summed E-state index contributed by atoms with van der Waals surface area (Å²) in [4.78, 5) is 11.9. The van der Waals surface area contributed by atoms with Crippen LogP contribution in [0.25, 0.3) is 0 Å². The third-order valence-electron chi connectivity index (χ3n) is 3.20.